The van der Waals surface area contributed by atoms with Crippen molar-refractivity contribution in [3.8, 4) is 0 Å². The topological polar surface area (TPSA) is 3.24 Å². The molecule has 0 saturated carbocycles. The van der Waals surface area contributed by atoms with Gasteiger partial charge in [-0.05, 0) is 22.3 Å². The summed E-state index contributed by atoms with van der Waals surface area (Å²) >= 11 is 4.41. The van der Waals surface area contributed by atoms with Crippen molar-refractivity contribution >= 4 is 12.6 Å². The van der Waals surface area contributed by atoms with Gasteiger partial charge in [-0.25, -0.2) is 0 Å². The van der Waals surface area contributed by atoms with Crippen LogP contribution in [-0.2, 0) is 13.1 Å². The Kier molecular flexibility index (Phi) is 3.08. The standard InChI is InChI=1S/C13H19NS/c1-13(2,10-15)9-14-7-11-5-3-4-6-12(11)8-14/h3-6,15H,7-10H2,1-2H3. The van der Waals surface area contributed by atoms with Crippen molar-refractivity contribution in [1.82, 2.24) is 4.90 Å². The second kappa shape index (κ2) is 4.18. The molecular formula is C13H19NS. The first-order chi connectivity index (χ1) is 7.11. The van der Waals surface area contributed by atoms with Crippen molar-refractivity contribution in [2.45, 2.75) is 26.9 Å². The van der Waals surface area contributed by atoms with E-state index < -0.39 is 0 Å². The number of rotatable bonds is 3. The van der Waals surface area contributed by atoms with Gasteiger partial charge in [0.1, 0.15) is 0 Å². The van der Waals surface area contributed by atoms with Crippen molar-refractivity contribution in [3.63, 3.8) is 0 Å². The van der Waals surface area contributed by atoms with Crippen LogP contribution in [0.2, 0.25) is 0 Å². The van der Waals surface area contributed by atoms with Crippen LogP contribution in [-0.4, -0.2) is 17.2 Å². The molecular weight excluding hydrogens is 202 g/mol. The molecule has 15 heavy (non-hydrogen) atoms. The normalized spacial score (nSPS) is 16.7. The van der Waals surface area contributed by atoms with Gasteiger partial charge in [-0.15, -0.1) is 0 Å². The fourth-order valence-electron chi connectivity index (χ4n) is 2.17. The lowest BCUT2D eigenvalue weighted by Crippen LogP contribution is -2.31. The van der Waals surface area contributed by atoms with E-state index in [-0.39, 0.29) is 0 Å². The second-order valence-corrected chi connectivity index (χ2v) is 5.55. The molecule has 82 valence electrons. The van der Waals surface area contributed by atoms with Gasteiger partial charge in [0.2, 0.25) is 0 Å². The summed E-state index contributed by atoms with van der Waals surface area (Å²) in [5.41, 5.74) is 3.30. The molecule has 1 aliphatic rings. The molecule has 1 aromatic rings. The molecule has 1 heterocycles. The largest absolute Gasteiger partial charge is 0.294 e. The smallest absolute Gasteiger partial charge is 0.0240 e. The van der Waals surface area contributed by atoms with Crippen LogP contribution in [0.3, 0.4) is 0 Å². The zero-order valence-corrected chi connectivity index (χ0v) is 10.4. The maximum absolute atomic E-state index is 4.41. The van der Waals surface area contributed by atoms with Crippen molar-refractivity contribution in [2.75, 3.05) is 12.3 Å². The van der Waals surface area contributed by atoms with Gasteiger partial charge < -0.3 is 0 Å². The monoisotopic (exact) mass is 221 g/mol. The molecule has 0 amide bonds. The molecule has 0 aliphatic carbocycles. The van der Waals surface area contributed by atoms with E-state index in [4.69, 9.17) is 0 Å². The van der Waals surface area contributed by atoms with Crippen molar-refractivity contribution in [2.24, 2.45) is 5.41 Å². The minimum Gasteiger partial charge on any atom is -0.294 e. The quantitative estimate of drug-likeness (QED) is 0.768. The molecule has 0 bridgehead atoms. The minimum atomic E-state index is 0.311. The number of benzene rings is 1. The number of thiol groups is 1. The summed E-state index contributed by atoms with van der Waals surface area (Å²) in [7, 11) is 0. The molecule has 0 saturated heterocycles. The highest BCUT2D eigenvalue weighted by Crippen LogP contribution is 2.27. The van der Waals surface area contributed by atoms with E-state index in [1.54, 1.807) is 0 Å². The molecule has 0 radical (unpaired) electrons. The van der Waals surface area contributed by atoms with E-state index in [0.29, 0.717) is 5.41 Å². The van der Waals surface area contributed by atoms with Crippen LogP contribution in [0.25, 0.3) is 0 Å². The van der Waals surface area contributed by atoms with Crippen molar-refractivity contribution in [3.05, 3.63) is 35.4 Å². The Morgan fingerprint density at radius 2 is 1.73 bits per heavy atom. The Balaban J connectivity index is 2.02. The van der Waals surface area contributed by atoms with Crippen LogP contribution >= 0.6 is 12.6 Å². The van der Waals surface area contributed by atoms with Crippen molar-refractivity contribution in [1.29, 1.82) is 0 Å². The number of hydrogen-bond acceptors (Lipinski definition) is 2. The van der Waals surface area contributed by atoms with Crippen LogP contribution in [0.4, 0.5) is 0 Å². The lowest BCUT2D eigenvalue weighted by atomic mass is 9.96. The summed E-state index contributed by atoms with van der Waals surface area (Å²) in [6, 6.07) is 8.74. The Labute approximate surface area is 97.9 Å². The highest BCUT2D eigenvalue weighted by atomic mass is 32.1. The molecule has 0 fully saturated rings. The molecule has 2 heteroatoms. The van der Waals surface area contributed by atoms with E-state index in [0.717, 1.165) is 25.4 Å². The van der Waals surface area contributed by atoms with Crippen LogP contribution < -0.4 is 0 Å². The first kappa shape index (κ1) is 11.0. The summed E-state index contributed by atoms with van der Waals surface area (Å²) < 4.78 is 0. The zero-order chi connectivity index (χ0) is 10.9. The zero-order valence-electron chi connectivity index (χ0n) is 9.53. The lowest BCUT2D eigenvalue weighted by molar-refractivity contribution is 0.197. The third kappa shape index (κ3) is 2.56. The molecule has 1 aromatic carbocycles. The van der Waals surface area contributed by atoms with Gasteiger partial charge in [0.15, 0.2) is 0 Å². The van der Waals surface area contributed by atoms with Crippen LogP contribution in [0.1, 0.15) is 25.0 Å². The molecule has 1 aliphatic heterocycles. The third-order valence-electron chi connectivity index (χ3n) is 2.99. The van der Waals surface area contributed by atoms with Gasteiger partial charge in [-0.3, -0.25) is 4.90 Å². The molecule has 0 N–H and O–H groups in total. The highest BCUT2D eigenvalue weighted by molar-refractivity contribution is 7.80. The van der Waals surface area contributed by atoms with Gasteiger partial charge in [0, 0.05) is 19.6 Å². The highest BCUT2D eigenvalue weighted by Gasteiger charge is 2.24. The summed E-state index contributed by atoms with van der Waals surface area (Å²) in [6.07, 6.45) is 0. The minimum absolute atomic E-state index is 0.311. The number of fused-ring (bicyclic) bond motifs is 1. The Bertz CT molecular complexity index is 321. The first-order valence-corrected chi connectivity index (χ1v) is 6.14. The molecule has 2 rings (SSSR count). The second-order valence-electron chi connectivity index (χ2n) is 5.24. The SMILES string of the molecule is CC(C)(CS)CN1Cc2ccccc2C1. The van der Waals surface area contributed by atoms with Gasteiger partial charge in [0.25, 0.3) is 0 Å². The fraction of sp³-hybridized carbons (Fsp3) is 0.538. The molecule has 0 atom stereocenters. The molecule has 0 unspecified atom stereocenters. The number of nitrogens with zero attached hydrogens (tertiary/aromatic N) is 1. The Hall–Kier alpha value is -0.470. The van der Waals surface area contributed by atoms with E-state index in [1.165, 1.54) is 11.1 Å². The Morgan fingerprint density at radius 3 is 2.20 bits per heavy atom. The first-order valence-electron chi connectivity index (χ1n) is 5.51. The number of hydrogen-bond donors (Lipinski definition) is 1. The van der Waals surface area contributed by atoms with Gasteiger partial charge in [-0.2, -0.15) is 12.6 Å². The van der Waals surface area contributed by atoms with E-state index in [2.05, 4.69) is 55.6 Å². The maximum Gasteiger partial charge on any atom is 0.0240 e. The summed E-state index contributed by atoms with van der Waals surface area (Å²) in [4.78, 5) is 2.51. The summed E-state index contributed by atoms with van der Waals surface area (Å²) in [5, 5.41) is 0. The fourth-order valence-corrected chi connectivity index (χ4v) is 2.27. The van der Waals surface area contributed by atoms with Crippen molar-refractivity contribution < 1.29 is 0 Å². The average Bonchev–Trinajstić information content (AvgIpc) is 2.58. The third-order valence-corrected chi connectivity index (χ3v) is 3.84. The molecule has 1 nitrogen and oxygen atoms in total. The van der Waals surface area contributed by atoms with Crippen LogP contribution in [0, 0.1) is 5.41 Å². The molecule has 0 spiro atoms. The van der Waals surface area contributed by atoms with Gasteiger partial charge in [0.05, 0.1) is 0 Å². The van der Waals surface area contributed by atoms with Gasteiger partial charge >= 0.3 is 0 Å². The maximum atomic E-state index is 4.41. The average molecular weight is 221 g/mol. The van der Waals surface area contributed by atoms with E-state index in [1.807, 2.05) is 0 Å². The van der Waals surface area contributed by atoms with Crippen LogP contribution in [0.5, 0.6) is 0 Å². The van der Waals surface area contributed by atoms with E-state index >= 15 is 0 Å². The molecule has 0 aromatic heterocycles. The predicted octanol–water partition coefficient (Wildman–Crippen LogP) is 2.96. The Morgan fingerprint density at radius 1 is 1.20 bits per heavy atom. The summed E-state index contributed by atoms with van der Waals surface area (Å²) in [5.74, 6) is 0.944. The summed E-state index contributed by atoms with van der Waals surface area (Å²) in [6.45, 7) is 7.90. The van der Waals surface area contributed by atoms with E-state index in [9.17, 15) is 0 Å². The predicted molar refractivity (Wildman–Crippen MR) is 68.2 cm³/mol. The lowest BCUT2D eigenvalue weighted by Gasteiger charge is -2.28. The van der Waals surface area contributed by atoms with Crippen LogP contribution in [0.15, 0.2) is 24.3 Å². The van der Waals surface area contributed by atoms with Gasteiger partial charge in [-0.1, -0.05) is 38.1 Å².